The summed E-state index contributed by atoms with van der Waals surface area (Å²) in [7, 11) is 0. The van der Waals surface area contributed by atoms with Crippen LogP contribution in [0, 0.1) is 6.92 Å². The number of pyridine rings is 1. The number of hydrogen-bond donors (Lipinski definition) is 0. The first-order valence-electron chi connectivity index (χ1n) is 6.19. The molecule has 0 N–H and O–H groups in total. The van der Waals surface area contributed by atoms with E-state index in [2.05, 4.69) is 48.2 Å². The molecule has 0 aliphatic heterocycles. The van der Waals surface area contributed by atoms with Gasteiger partial charge in [0, 0.05) is 23.5 Å². The fourth-order valence-electron chi connectivity index (χ4n) is 2.33. The van der Waals surface area contributed by atoms with Crippen LogP contribution in [0.25, 0.3) is 16.6 Å². The third kappa shape index (κ3) is 1.59. The van der Waals surface area contributed by atoms with Crippen molar-refractivity contribution in [1.82, 2.24) is 14.8 Å². The van der Waals surface area contributed by atoms with Gasteiger partial charge in [-0.2, -0.15) is 5.10 Å². The quantitative estimate of drug-likeness (QED) is 0.684. The van der Waals surface area contributed by atoms with E-state index >= 15 is 0 Å². The average Bonchev–Trinajstić information content (AvgIpc) is 2.86. The smallest absolute Gasteiger partial charge is 0.0771 e. The molecule has 0 saturated carbocycles. The molecule has 90 valence electrons. The van der Waals surface area contributed by atoms with Crippen LogP contribution in [0.15, 0.2) is 42.7 Å². The molecule has 2 heterocycles. The lowest BCUT2D eigenvalue weighted by atomic mass is 10.1. The number of aryl methyl sites for hydroxylation is 2. The summed E-state index contributed by atoms with van der Waals surface area (Å²) in [5.41, 5.74) is 4.58. The number of benzene rings is 1. The van der Waals surface area contributed by atoms with E-state index < -0.39 is 0 Å². The maximum Gasteiger partial charge on any atom is 0.0771 e. The molecular weight excluding hydrogens is 222 g/mol. The number of aromatic nitrogens is 3. The van der Waals surface area contributed by atoms with Gasteiger partial charge in [-0.15, -0.1) is 0 Å². The molecule has 0 aliphatic rings. The Balaban J connectivity index is 2.37. The fourth-order valence-corrected chi connectivity index (χ4v) is 2.33. The van der Waals surface area contributed by atoms with Gasteiger partial charge in [-0.25, -0.2) is 4.68 Å². The first-order chi connectivity index (χ1) is 8.81. The molecule has 2 aromatic heterocycles. The topological polar surface area (TPSA) is 30.7 Å². The van der Waals surface area contributed by atoms with E-state index in [1.165, 1.54) is 11.3 Å². The van der Waals surface area contributed by atoms with Crippen molar-refractivity contribution < 1.29 is 0 Å². The largest absolute Gasteiger partial charge is 0.256 e. The predicted octanol–water partition coefficient (Wildman–Crippen LogP) is 3.29. The standard InChI is InChI=1S/C15H15N3/c1-3-12-8-10-17-18(12)15-11(2)6-7-14-13(15)5-4-9-16-14/h4-10H,3H2,1-2H3. The summed E-state index contributed by atoms with van der Waals surface area (Å²) < 4.78 is 2.03. The van der Waals surface area contributed by atoms with Crippen LogP contribution in [0.4, 0.5) is 0 Å². The monoisotopic (exact) mass is 237 g/mol. The molecule has 0 fully saturated rings. The number of rotatable bonds is 2. The van der Waals surface area contributed by atoms with E-state index in [0.29, 0.717) is 0 Å². The zero-order valence-electron chi connectivity index (χ0n) is 10.6. The second-order valence-electron chi connectivity index (χ2n) is 4.39. The number of hydrogen-bond acceptors (Lipinski definition) is 2. The predicted molar refractivity (Wildman–Crippen MR) is 73.0 cm³/mol. The van der Waals surface area contributed by atoms with Crippen molar-refractivity contribution in [2.24, 2.45) is 0 Å². The molecule has 3 heteroatoms. The van der Waals surface area contributed by atoms with Crippen LogP contribution in [-0.2, 0) is 6.42 Å². The third-order valence-electron chi connectivity index (χ3n) is 3.25. The molecule has 0 saturated heterocycles. The normalized spacial score (nSPS) is 11.0. The lowest BCUT2D eigenvalue weighted by Crippen LogP contribution is -2.04. The van der Waals surface area contributed by atoms with Gasteiger partial charge in [0.2, 0.25) is 0 Å². The second kappa shape index (κ2) is 4.26. The lowest BCUT2D eigenvalue weighted by molar-refractivity contribution is 0.814. The molecule has 0 aliphatic carbocycles. The zero-order valence-corrected chi connectivity index (χ0v) is 10.6. The Morgan fingerprint density at radius 2 is 2.00 bits per heavy atom. The molecule has 0 radical (unpaired) electrons. The summed E-state index contributed by atoms with van der Waals surface area (Å²) in [6.07, 6.45) is 4.65. The molecule has 0 bridgehead atoms. The number of nitrogens with zero attached hydrogens (tertiary/aromatic N) is 3. The molecule has 0 unspecified atom stereocenters. The van der Waals surface area contributed by atoms with Gasteiger partial charge in [-0.1, -0.05) is 13.0 Å². The highest BCUT2D eigenvalue weighted by Gasteiger charge is 2.10. The minimum atomic E-state index is 0.968. The van der Waals surface area contributed by atoms with Crippen molar-refractivity contribution in [3.8, 4) is 5.69 Å². The minimum Gasteiger partial charge on any atom is -0.256 e. The van der Waals surface area contributed by atoms with Gasteiger partial charge in [0.05, 0.1) is 11.2 Å². The van der Waals surface area contributed by atoms with Gasteiger partial charge >= 0.3 is 0 Å². The van der Waals surface area contributed by atoms with Gasteiger partial charge in [0.25, 0.3) is 0 Å². The highest BCUT2D eigenvalue weighted by molar-refractivity contribution is 5.88. The Kier molecular flexibility index (Phi) is 2.59. The maximum atomic E-state index is 4.46. The Morgan fingerprint density at radius 1 is 1.11 bits per heavy atom. The first-order valence-corrected chi connectivity index (χ1v) is 6.19. The number of fused-ring (bicyclic) bond motifs is 1. The molecule has 0 amide bonds. The van der Waals surface area contributed by atoms with E-state index in [-0.39, 0.29) is 0 Å². The van der Waals surface area contributed by atoms with Crippen molar-refractivity contribution in [3.63, 3.8) is 0 Å². The van der Waals surface area contributed by atoms with Crippen LogP contribution < -0.4 is 0 Å². The van der Waals surface area contributed by atoms with Crippen molar-refractivity contribution >= 4 is 10.9 Å². The molecule has 0 spiro atoms. The summed E-state index contributed by atoms with van der Waals surface area (Å²) in [6, 6.07) is 10.3. The van der Waals surface area contributed by atoms with E-state index in [1.807, 2.05) is 23.1 Å². The van der Waals surface area contributed by atoms with Crippen LogP contribution in [-0.4, -0.2) is 14.8 Å². The second-order valence-corrected chi connectivity index (χ2v) is 4.39. The summed E-state index contributed by atoms with van der Waals surface area (Å²) in [5.74, 6) is 0. The van der Waals surface area contributed by atoms with E-state index in [0.717, 1.165) is 23.0 Å². The van der Waals surface area contributed by atoms with Gasteiger partial charge in [-0.05, 0) is 43.2 Å². The Labute approximate surface area is 106 Å². The van der Waals surface area contributed by atoms with Crippen LogP contribution in [0.5, 0.6) is 0 Å². The summed E-state index contributed by atoms with van der Waals surface area (Å²) >= 11 is 0. The molecule has 3 nitrogen and oxygen atoms in total. The SMILES string of the molecule is CCc1ccnn1-c1c(C)ccc2ncccc12. The summed E-state index contributed by atoms with van der Waals surface area (Å²) in [5, 5.41) is 5.61. The van der Waals surface area contributed by atoms with Crippen molar-refractivity contribution in [2.75, 3.05) is 0 Å². The van der Waals surface area contributed by atoms with Gasteiger partial charge in [0.1, 0.15) is 0 Å². The fraction of sp³-hybridized carbons (Fsp3) is 0.200. The van der Waals surface area contributed by atoms with Gasteiger partial charge in [-0.3, -0.25) is 4.98 Å². The van der Waals surface area contributed by atoms with Gasteiger partial charge < -0.3 is 0 Å². The average molecular weight is 237 g/mol. The molecule has 3 aromatic rings. The van der Waals surface area contributed by atoms with Crippen LogP contribution in [0.3, 0.4) is 0 Å². The highest BCUT2D eigenvalue weighted by atomic mass is 15.3. The Hall–Kier alpha value is -2.16. The summed E-state index contributed by atoms with van der Waals surface area (Å²) in [4.78, 5) is 4.41. The minimum absolute atomic E-state index is 0.968. The van der Waals surface area contributed by atoms with Crippen molar-refractivity contribution in [3.05, 3.63) is 54.0 Å². The van der Waals surface area contributed by atoms with E-state index in [4.69, 9.17) is 0 Å². The Bertz CT molecular complexity index is 698. The van der Waals surface area contributed by atoms with E-state index in [9.17, 15) is 0 Å². The summed E-state index contributed by atoms with van der Waals surface area (Å²) in [6.45, 7) is 4.26. The van der Waals surface area contributed by atoms with Crippen LogP contribution in [0.2, 0.25) is 0 Å². The van der Waals surface area contributed by atoms with Crippen LogP contribution >= 0.6 is 0 Å². The van der Waals surface area contributed by atoms with Crippen molar-refractivity contribution in [1.29, 1.82) is 0 Å². The zero-order chi connectivity index (χ0) is 12.5. The van der Waals surface area contributed by atoms with Crippen LogP contribution in [0.1, 0.15) is 18.2 Å². The first kappa shape index (κ1) is 11.0. The molecule has 18 heavy (non-hydrogen) atoms. The Morgan fingerprint density at radius 3 is 2.83 bits per heavy atom. The molecular formula is C15H15N3. The van der Waals surface area contributed by atoms with E-state index in [1.54, 1.807) is 0 Å². The third-order valence-corrected chi connectivity index (χ3v) is 3.25. The molecule has 1 aromatic carbocycles. The molecule has 3 rings (SSSR count). The van der Waals surface area contributed by atoms with Crippen molar-refractivity contribution in [2.45, 2.75) is 20.3 Å². The lowest BCUT2D eigenvalue weighted by Gasteiger charge is -2.12. The maximum absolute atomic E-state index is 4.46. The molecule has 0 atom stereocenters. The van der Waals surface area contributed by atoms with Gasteiger partial charge in [0.15, 0.2) is 0 Å². The highest BCUT2D eigenvalue weighted by Crippen LogP contribution is 2.25.